The van der Waals surface area contributed by atoms with E-state index in [0.29, 0.717) is 0 Å². The molecular formula is C19H16BrOP. The summed E-state index contributed by atoms with van der Waals surface area (Å²) in [5.74, 6) is 0. The summed E-state index contributed by atoms with van der Waals surface area (Å²) in [6.07, 6.45) is 0. The lowest BCUT2D eigenvalue weighted by atomic mass is 10.2. The van der Waals surface area contributed by atoms with Crippen molar-refractivity contribution in [3.8, 4) is 0 Å². The maximum atomic E-state index is 14.1. The second-order valence-electron chi connectivity index (χ2n) is 5.21. The molecule has 0 N–H and O–H groups in total. The van der Waals surface area contributed by atoms with Crippen molar-refractivity contribution < 1.29 is 4.57 Å². The molecule has 3 heteroatoms. The Morgan fingerprint density at radius 2 is 1.23 bits per heavy atom. The third-order valence-electron chi connectivity index (χ3n) is 3.76. The molecule has 0 unspecified atom stereocenters. The van der Waals surface area contributed by atoms with Crippen LogP contribution in [0.15, 0.2) is 83.3 Å². The molecule has 0 aliphatic carbocycles. The maximum Gasteiger partial charge on any atom is 0.171 e. The Morgan fingerprint density at radius 3 is 1.68 bits per heavy atom. The van der Waals surface area contributed by atoms with Crippen LogP contribution in [0.2, 0.25) is 0 Å². The molecule has 0 fully saturated rings. The highest BCUT2D eigenvalue weighted by Gasteiger charge is 2.29. The number of hydrogen-bond donors (Lipinski definition) is 0. The molecule has 0 aliphatic heterocycles. The Bertz CT molecular complexity index is 785. The van der Waals surface area contributed by atoms with E-state index in [1.807, 2.05) is 85.8 Å². The summed E-state index contributed by atoms with van der Waals surface area (Å²) in [5.41, 5.74) is 1.14. The highest BCUT2D eigenvalue weighted by molar-refractivity contribution is 9.10. The molecule has 1 nitrogen and oxygen atoms in total. The van der Waals surface area contributed by atoms with Crippen molar-refractivity contribution in [2.45, 2.75) is 6.92 Å². The van der Waals surface area contributed by atoms with Gasteiger partial charge in [0.2, 0.25) is 0 Å². The lowest BCUT2D eigenvalue weighted by Crippen LogP contribution is -2.25. The highest BCUT2D eigenvalue weighted by atomic mass is 79.9. The molecule has 3 rings (SSSR count). The van der Waals surface area contributed by atoms with Gasteiger partial charge in [-0.05, 0) is 18.6 Å². The molecular weight excluding hydrogens is 355 g/mol. The van der Waals surface area contributed by atoms with E-state index in [2.05, 4.69) is 15.9 Å². The lowest BCUT2D eigenvalue weighted by Gasteiger charge is -2.20. The normalized spacial score (nSPS) is 11.4. The van der Waals surface area contributed by atoms with Crippen LogP contribution in [-0.2, 0) is 4.57 Å². The van der Waals surface area contributed by atoms with Gasteiger partial charge < -0.3 is 4.57 Å². The van der Waals surface area contributed by atoms with Crippen molar-refractivity contribution in [3.05, 3.63) is 88.9 Å². The average Bonchev–Trinajstić information content (AvgIpc) is 2.58. The van der Waals surface area contributed by atoms with Gasteiger partial charge >= 0.3 is 0 Å². The molecule has 0 aromatic heterocycles. The minimum atomic E-state index is -2.85. The first kappa shape index (κ1) is 15.3. The van der Waals surface area contributed by atoms with E-state index >= 15 is 0 Å². The minimum absolute atomic E-state index is 0.849. The second-order valence-corrected chi connectivity index (χ2v) is 8.84. The Morgan fingerprint density at radius 1 is 0.727 bits per heavy atom. The highest BCUT2D eigenvalue weighted by Crippen LogP contribution is 2.42. The zero-order chi connectivity index (χ0) is 15.6. The van der Waals surface area contributed by atoms with Crippen LogP contribution in [-0.4, -0.2) is 0 Å². The van der Waals surface area contributed by atoms with E-state index in [4.69, 9.17) is 0 Å². The van der Waals surface area contributed by atoms with Crippen LogP contribution < -0.4 is 15.9 Å². The third-order valence-corrected chi connectivity index (χ3v) is 7.67. The van der Waals surface area contributed by atoms with E-state index in [9.17, 15) is 4.57 Å². The van der Waals surface area contributed by atoms with E-state index in [1.54, 1.807) is 0 Å². The molecule has 0 radical (unpaired) electrons. The SMILES string of the molecule is Cc1ccc(P(=O)(c2ccccc2)c2ccccc2)cc1Br. The van der Waals surface area contributed by atoms with Gasteiger partial charge in [0.1, 0.15) is 0 Å². The van der Waals surface area contributed by atoms with Gasteiger partial charge in [0.25, 0.3) is 0 Å². The monoisotopic (exact) mass is 370 g/mol. The van der Waals surface area contributed by atoms with Gasteiger partial charge in [0, 0.05) is 20.4 Å². The number of benzene rings is 3. The molecule has 110 valence electrons. The summed E-state index contributed by atoms with van der Waals surface area (Å²) in [4.78, 5) is 0. The molecule has 0 saturated heterocycles. The zero-order valence-electron chi connectivity index (χ0n) is 12.2. The fourth-order valence-corrected chi connectivity index (χ4v) is 5.73. The number of hydrogen-bond acceptors (Lipinski definition) is 1. The first-order valence-corrected chi connectivity index (χ1v) is 9.60. The van der Waals surface area contributed by atoms with Crippen LogP contribution in [0.1, 0.15) is 5.56 Å². The quantitative estimate of drug-likeness (QED) is 0.624. The van der Waals surface area contributed by atoms with Crippen LogP contribution in [0.5, 0.6) is 0 Å². The molecule has 0 saturated carbocycles. The van der Waals surface area contributed by atoms with E-state index < -0.39 is 7.14 Å². The number of aryl methyl sites for hydroxylation is 1. The first-order valence-electron chi connectivity index (χ1n) is 7.10. The largest absolute Gasteiger partial charge is 0.309 e. The molecule has 0 heterocycles. The van der Waals surface area contributed by atoms with Crippen molar-refractivity contribution in [1.29, 1.82) is 0 Å². The van der Waals surface area contributed by atoms with Crippen LogP contribution in [0, 0.1) is 6.92 Å². The van der Waals surface area contributed by atoms with Crippen molar-refractivity contribution in [2.24, 2.45) is 0 Å². The molecule has 0 spiro atoms. The van der Waals surface area contributed by atoms with Crippen molar-refractivity contribution in [1.82, 2.24) is 0 Å². The van der Waals surface area contributed by atoms with Gasteiger partial charge in [-0.25, -0.2) is 0 Å². The van der Waals surface area contributed by atoms with Gasteiger partial charge in [-0.15, -0.1) is 0 Å². The van der Waals surface area contributed by atoms with Crippen molar-refractivity contribution in [2.75, 3.05) is 0 Å². The van der Waals surface area contributed by atoms with Crippen LogP contribution in [0.3, 0.4) is 0 Å². The fraction of sp³-hybridized carbons (Fsp3) is 0.0526. The van der Waals surface area contributed by atoms with E-state index in [1.165, 1.54) is 0 Å². The summed E-state index contributed by atoms with van der Waals surface area (Å²) in [6.45, 7) is 2.03. The Hall–Kier alpha value is -1.63. The summed E-state index contributed by atoms with van der Waals surface area (Å²) in [7, 11) is -2.85. The Kier molecular flexibility index (Phi) is 4.33. The molecule has 0 bridgehead atoms. The van der Waals surface area contributed by atoms with Gasteiger partial charge in [0.05, 0.1) is 0 Å². The molecule has 0 atom stereocenters. The smallest absolute Gasteiger partial charge is 0.171 e. The van der Waals surface area contributed by atoms with Gasteiger partial charge in [-0.2, -0.15) is 0 Å². The van der Waals surface area contributed by atoms with Gasteiger partial charge in [-0.3, -0.25) is 0 Å². The third kappa shape index (κ3) is 2.69. The lowest BCUT2D eigenvalue weighted by molar-refractivity contribution is 0.592. The topological polar surface area (TPSA) is 17.1 Å². The summed E-state index contributed by atoms with van der Waals surface area (Å²) >= 11 is 3.56. The number of halogens is 1. The standard InChI is InChI=1S/C19H16BrOP/c1-15-12-13-18(14-19(15)20)22(21,16-8-4-2-5-9-16)17-10-6-3-7-11-17/h2-14H,1H3. The summed E-state index contributed by atoms with van der Waals surface area (Å²) in [5, 5.41) is 2.57. The summed E-state index contributed by atoms with van der Waals surface area (Å²) in [6, 6.07) is 25.4. The minimum Gasteiger partial charge on any atom is -0.309 e. The Labute approximate surface area is 139 Å². The predicted octanol–water partition coefficient (Wildman–Crippen LogP) is 4.40. The number of rotatable bonds is 3. The van der Waals surface area contributed by atoms with Gasteiger partial charge in [-0.1, -0.05) is 88.7 Å². The zero-order valence-corrected chi connectivity index (χ0v) is 14.7. The summed E-state index contributed by atoms with van der Waals surface area (Å²) < 4.78 is 15.0. The molecule has 22 heavy (non-hydrogen) atoms. The van der Waals surface area contributed by atoms with Crippen LogP contribution >= 0.6 is 23.1 Å². The predicted molar refractivity (Wildman–Crippen MR) is 98.3 cm³/mol. The molecule has 3 aromatic carbocycles. The van der Waals surface area contributed by atoms with E-state index in [-0.39, 0.29) is 0 Å². The molecule has 3 aromatic rings. The molecule has 0 amide bonds. The molecule has 0 aliphatic rings. The van der Waals surface area contributed by atoms with Crippen LogP contribution in [0.4, 0.5) is 0 Å². The maximum absolute atomic E-state index is 14.1. The average molecular weight is 371 g/mol. The fourth-order valence-electron chi connectivity index (χ4n) is 2.50. The van der Waals surface area contributed by atoms with Crippen molar-refractivity contribution >= 4 is 39.0 Å². The van der Waals surface area contributed by atoms with E-state index in [0.717, 1.165) is 25.9 Å². The van der Waals surface area contributed by atoms with Gasteiger partial charge in [0.15, 0.2) is 7.14 Å². The Balaban J connectivity index is 2.28. The van der Waals surface area contributed by atoms with Crippen molar-refractivity contribution in [3.63, 3.8) is 0 Å². The second kappa shape index (κ2) is 6.24. The first-order chi connectivity index (χ1) is 10.6. The van der Waals surface area contributed by atoms with Crippen LogP contribution in [0.25, 0.3) is 0 Å².